The zero-order valence-electron chi connectivity index (χ0n) is 11.6. The van der Waals surface area contributed by atoms with Crippen molar-refractivity contribution in [3.63, 3.8) is 0 Å². The quantitative estimate of drug-likeness (QED) is 0.736. The van der Waals surface area contributed by atoms with Crippen molar-refractivity contribution >= 4 is 11.7 Å². The van der Waals surface area contributed by atoms with Gasteiger partial charge in [-0.1, -0.05) is 0 Å². The molecule has 0 spiro atoms. The number of aliphatic hydroxyl groups is 1. The van der Waals surface area contributed by atoms with Gasteiger partial charge in [0.1, 0.15) is 5.75 Å². The number of aryl methyl sites for hydroxylation is 1. The van der Waals surface area contributed by atoms with Gasteiger partial charge in [-0.25, -0.2) is 0 Å². The smallest absolute Gasteiger partial charge is 0.308 e. The van der Waals surface area contributed by atoms with Gasteiger partial charge in [-0.15, -0.1) is 0 Å². The maximum absolute atomic E-state index is 11.0. The van der Waals surface area contributed by atoms with Crippen molar-refractivity contribution in [3.8, 4) is 5.75 Å². The summed E-state index contributed by atoms with van der Waals surface area (Å²) in [5.74, 6) is 0.431. The van der Waals surface area contributed by atoms with E-state index in [1.54, 1.807) is 0 Å². The molecule has 0 radical (unpaired) electrons. The fourth-order valence-corrected chi connectivity index (χ4v) is 1.66. The highest BCUT2D eigenvalue weighted by Crippen LogP contribution is 2.21. The number of methoxy groups -OCH3 is 1. The van der Waals surface area contributed by atoms with Crippen LogP contribution in [0.2, 0.25) is 0 Å². The van der Waals surface area contributed by atoms with Crippen LogP contribution < -0.4 is 10.1 Å². The summed E-state index contributed by atoms with van der Waals surface area (Å²) >= 11 is 0. The molecule has 1 unspecified atom stereocenters. The number of anilines is 1. The predicted molar refractivity (Wildman–Crippen MR) is 73.5 cm³/mol. The molecular weight excluding hydrogens is 246 g/mol. The average molecular weight is 267 g/mol. The molecule has 0 bridgehead atoms. The summed E-state index contributed by atoms with van der Waals surface area (Å²) in [6, 6.07) is 5.70. The number of esters is 1. The molecule has 0 amide bonds. The topological polar surface area (TPSA) is 67.8 Å². The summed E-state index contributed by atoms with van der Waals surface area (Å²) in [4.78, 5) is 11.0. The third-order valence-corrected chi connectivity index (χ3v) is 2.65. The number of hydrogen-bond donors (Lipinski definition) is 2. The summed E-state index contributed by atoms with van der Waals surface area (Å²) in [5, 5.41) is 12.7. The van der Waals surface area contributed by atoms with E-state index in [4.69, 9.17) is 4.74 Å². The van der Waals surface area contributed by atoms with Crippen LogP contribution in [0.15, 0.2) is 18.2 Å². The van der Waals surface area contributed by atoms with Gasteiger partial charge in [0.25, 0.3) is 0 Å². The Kier molecular flexibility index (Phi) is 6.15. The number of benzene rings is 1. The molecule has 0 saturated carbocycles. The van der Waals surface area contributed by atoms with Crippen LogP contribution in [-0.2, 0) is 9.53 Å². The first-order chi connectivity index (χ1) is 9.06. The molecule has 1 aromatic rings. The lowest BCUT2D eigenvalue weighted by atomic mass is 10.2. The Hall–Kier alpha value is -1.75. The second-order valence-electron chi connectivity index (χ2n) is 4.23. The van der Waals surface area contributed by atoms with E-state index in [9.17, 15) is 9.90 Å². The van der Waals surface area contributed by atoms with E-state index < -0.39 is 12.1 Å². The van der Waals surface area contributed by atoms with E-state index in [2.05, 4.69) is 10.1 Å². The van der Waals surface area contributed by atoms with Crippen LogP contribution in [0.3, 0.4) is 0 Å². The fraction of sp³-hybridized carbons (Fsp3) is 0.500. The largest absolute Gasteiger partial charge is 0.494 e. The normalized spacial score (nSPS) is 11.8. The van der Waals surface area contributed by atoms with Crippen LogP contribution in [0.25, 0.3) is 0 Å². The van der Waals surface area contributed by atoms with Gasteiger partial charge in [0.05, 0.1) is 26.2 Å². The van der Waals surface area contributed by atoms with Gasteiger partial charge in [-0.05, 0) is 37.6 Å². The summed E-state index contributed by atoms with van der Waals surface area (Å²) in [5.41, 5.74) is 1.90. The Labute approximate surface area is 113 Å². The molecule has 0 aliphatic carbocycles. The highest BCUT2D eigenvalue weighted by molar-refractivity contribution is 5.69. The SMILES string of the molecule is CCOc1ccc(NCC(O)CC(=O)OC)cc1C. The second-order valence-corrected chi connectivity index (χ2v) is 4.23. The predicted octanol–water partition coefficient (Wildman–Crippen LogP) is 1.73. The molecule has 5 nitrogen and oxygen atoms in total. The van der Waals surface area contributed by atoms with Crippen molar-refractivity contribution in [2.75, 3.05) is 25.6 Å². The Morgan fingerprint density at radius 3 is 2.79 bits per heavy atom. The number of carbonyl (C=O) groups is 1. The molecule has 0 aliphatic heterocycles. The Morgan fingerprint density at radius 1 is 1.47 bits per heavy atom. The zero-order chi connectivity index (χ0) is 14.3. The molecule has 19 heavy (non-hydrogen) atoms. The van der Waals surface area contributed by atoms with Gasteiger partial charge in [0.15, 0.2) is 0 Å². The van der Waals surface area contributed by atoms with Crippen LogP contribution in [-0.4, -0.2) is 37.4 Å². The molecule has 1 rings (SSSR count). The molecule has 0 fully saturated rings. The van der Waals surface area contributed by atoms with Crippen molar-refractivity contribution in [1.82, 2.24) is 0 Å². The Morgan fingerprint density at radius 2 is 2.21 bits per heavy atom. The minimum Gasteiger partial charge on any atom is -0.494 e. The molecule has 1 aromatic carbocycles. The zero-order valence-corrected chi connectivity index (χ0v) is 11.6. The number of rotatable bonds is 7. The van der Waals surface area contributed by atoms with Crippen LogP contribution >= 0.6 is 0 Å². The van der Waals surface area contributed by atoms with E-state index in [0.717, 1.165) is 17.0 Å². The number of nitrogens with one attached hydrogen (secondary N) is 1. The van der Waals surface area contributed by atoms with Crippen molar-refractivity contribution in [3.05, 3.63) is 23.8 Å². The van der Waals surface area contributed by atoms with E-state index in [0.29, 0.717) is 13.2 Å². The molecule has 2 N–H and O–H groups in total. The molecule has 106 valence electrons. The number of hydrogen-bond acceptors (Lipinski definition) is 5. The minimum absolute atomic E-state index is 0.0144. The number of carbonyl (C=O) groups excluding carboxylic acids is 1. The van der Waals surface area contributed by atoms with Crippen molar-refractivity contribution in [2.24, 2.45) is 0 Å². The van der Waals surface area contributed by atoms with Gasteiger partial charge in [-0.2, -0.15) is 0 Å². The lowest BCUT2D eigenvalue weighted by Gasteiger charge is -2.13. The second kappa shape index (κ2) is 7.63. The fourth-order valence-electron chi connectivity index (χ4n) is 1.66. The molecule has 0 aliphatic rings. The Bertz CT molecular complexity index is 420. The van der Waals surface area contributed by atoms with Gasteiger partial charge < -0.3 is 19.9 Å². The lowest BCUT2D eigenvalue weighted by Crippen LogP contribution is -2.23. The highest BCUT2D eigenvalue weighted by Gasteiger charge is 2.10. The van der Waals surface area contributed by atoms with Crippen molar-refractivity contribution < 1.29 is 19.4 Å². The standard InChI is InChI=1S/C14H21NO4/c1-4-19-13-6-5-11(7-10(13)2)15-9-12(16)8-14(17)18-3/h5-7,12,15-16H,4,8-9H2,1-3H3. The molecular formula is C14H21NO4. The van der Waals surface area contributed by atoms with E-state index >= 15 is 0 Å². The minimum atomic E-state index is -0.765. The number of ether oxygens (including phenoxy) is 2. The Balaban J connectivity index is 2.49. The average Bonchev–Trinajstić information content (AvgIpc) is 2.39. The molecule has 1 atom stereocenters. The van der Waals surface area contributed by atoms with Gasteiger partial charge >= 0.3 is 5.97 Å². The molecule has 0 aromatic heterocycles. The first kappa shape index (κ1) is 15.3. The van der Waals surface area contributed by atoms with E-state index in [1.807, 2.05) is 32.0 Å². The monoisotopic (exact) mass is 267 g/mol. The molecule has 0 heterocycles. The summed E-state index contributed by atoms with van der Waals surface area (Å²) < 4.78 is 9.94. The third kappa shape index (κ3) is 5.18. The molecule has 0 saturated heterocycles. The molecule has 5 heteroatoms. The van der Waals surface area contributed by atoms with Crippen molar-refractivity contribution in [2.45, 2.75) is 26.4 Å². The van der Waals surface area contributed by atoms with Crippen molar-refractivity contribution in [1.29, 1.82) is 0 Å². The van der Waals surface area contributed by atoms with Crippen LogP contribution in [0.4, 0.5) is 5.69 Å². The summed E-state index contributed by atoms with van der Waals surface area (Å²) in [6.45, 7) is 4.82. The maximum Gasteiger partial charge on any atom is 0.308 e. The summed E-state index contributed by atoms with van der Waals surface area (Å²) in [7, 11) is 1.30. The van der Waals surface area contributed by atoms with E-state index in [1.165, 1.54) is 7.11 Å². The van der Waals surface area contributed by atoms with Crippen LogP contribution in [0.1, 0.15) is 18.9 Å². The number of aliphatic hydroxyl groups excluding tert-OH is 1. The van der Waals surface area contributed by atoms with Gasteiger partial charge in [0, 0.05) is 12.2 Å². The lowest BCUT2D eigenvalue weighted by molar-refractivity contribution is -0.142. The maximum atomic E-state index is 11.0. The first-order valence-electron chi connectivity index (χ1n) is 6.29. The van der Waals surface area contributed by atoms with E-state index in [-0.39, 0.29) is 6.42 Å². The summed E-state index contributed by atoms with van der Waals surface area (Å²) in [6.07, 6.45) is -0.779. The first-order valence-corrected chi connectivity index (χ1v) is 6.29. The highest BCUT2D eigenvalue weighted by atomic mass is 16.5. The van der Waals surface area contributed by atoms with Gasteiger partial charge in [-0.3, -0.25) is 4.79 Å². The third-order valence-electron chi connectivity index (χ3n) is 2.65. The van der Waals surface area contributed by atoms with Crippen LogP contribution in [0.5, 0.6) is 5.75 Å². The van der Waals surface area contributed by atoms with Gasteiger partial charge in [0.2, 0.25) is 0 Å². The van der Waals surface area contributed by atoms with Crippen LogP contribution in [0, 0.1) is 6.92 Å².